The number of aliphatic hydroxyl groups is 1. The van der Waals surface area contributed by atoms with Gasteiger partial charge in [0.2, 0.25) is 0 Å². The molecule has 1 heterocycles. The molecule has 0 radical (unpaired) electrons. The van der Waals surface area contributed by atoms with Crippen LogP contribution in [0.1, 0.15) is 32.6 Å². The van der Waals surface area contributed by atoms with E-state index in [-0.39, 0.29) is 6.10 Å². The van der Waals surface area contributed by atoms with Gasteiger partial charge in [0, 0.05) is 32.3 Å². The third-order valence-corrected chi connectivity index (χ3v) is 4.10. The molecule has 1 aliphatic carbocycles. The molecule has 2 N–H and O–H groups in total. The Hall–Kier alpha value is -0.200. The Kier molecular flexibility index (Phi) is 6.71. The quantitative estimate of drug-likeness (QED) is 0.616. The largest absolute Gasteiger partial charge is 0.389 e. The molecular formula is C15H30N2O3. The first-order chi connectivity index (χ1) is 9.69. The Bertz CT molecular complexity index is 268. The van der Waals surface area contributed by atoms with Gasteiger partial charge >= 0.3 is 0 Å². The number of ether oxygens (including phenoxy) is 2. The van der Waals surface area contributed by atoms with Crippen molar-refractivity contribution in [1.29, 1.82) is 0 Å². The summed E-state index contributed by atoms with van der Waals surface area (Å²) < 4.78 is 10.6. The molecule has 5 nitrogen and oxygen atoms in total. The second kappa shape index (κ2) is 8.29. The van der Waals surface area contributed by atoms with E-state index in [1.54, 1.807) is 7.11 Å². The summed E-state index contributed by atoms with van der Waals surface area (Å²) in [6.07, 6.45) is 4.74. The summed E-state index contributed by atoms with van der Waals surface area (Å²) in [5.41, 5.74) is 0. The van der Waals surface area contributed by atoms with Crippen LogP contribution in [0.25, 0.3) is 0 Å². The van der Waals surface area contributed by atoms with Gasteiger partial charge in [-0.2, -0.15) is 0 Å². The second-order valence-corrected chi connectivity index (χ2v) is 6.23. The zero-order chi connectivity index (χ0) is 14.4. The van der Waals surface area contributed by atoms with E-state index in [0.717, 1.165) is 19.6 Å². The topological polar surface area (TPSA) is 54.0 Å². The van der Waals surface area contributed by atoms with Gasteiger partial charge in [0.15, 0.2) is 0 Å². The molecule has 2 aliphatic rings. The van der Waals surface area contributed by atoms with Crippen LogP contribution in [0.4, 0.5) is 0 Å². The molecule has 5 heteroatoms. The standard InChI is InChI=1S/C15H30N2O3/c1-12(10-19-2)20-11-15(18)9-17(14-5-6-14)8-13-4-3-7-16-13/h12-16,18H,3-11H2,1-2H3. The fraction of sp³-hybridized carbons (Fsp3) is 1.00. The first-order valence-electron chi connectivity index (χ1n) is 7.95. The highest BCUT2D eigenvalue weighted by Gasteiger charge is 2.32. The van der Waals surface area contributed by atoms with E-state index < -0.39 is 6.10 Å². The molecule has 118 valence electrons. The molecule has 0 aromatic heterocycles. The van der Waals surface area contributed by atoms with Crippen molar-refractivity contribution in [2.45, 2.75) is 56.9 Å². The van der Waals surface area contributed by atoms with Crippen molar-refractivity contribution < 1.29 is 14.6 Å². The Morgan fingerprint density at radius 2 is 2.10 bits per heavy atom. The summed E-state index contributed by atoms with van der Waals surface area (Å²) >= 11 is 0. The van der Waals surface area contributed by atoms with Gasteiger partial charge < -0.3 is 19.9 Å². The SMILES string of the molecule is COCC(C)OCC(O)CN(CC1CCCN1)C1CC1. The predicted octanol–water partition coefficient (Wildman–Crippen LogP) is 0.615. The summed E-state index contributed by atoms with van der Waals surface area (Å²) in [5.74, 6) is 0. The highest BCUT2D eigenvalue weighted by Crippen LogP contribution is 2.27. The maximum atomic E-state index is 10.2. The second-order valence-electron chi connectivity index (χ2n) is 6.23. The molecule has 1 saturated heterocycles. The first kappa shape index (κ1) is 16.2. The van der Waals surface area contributed by atoms with Crippen molar-refractivity contribution >= 4 is 0 Å². The molecule has 3 atom stereocenters. The molecule has 0 aromatic carbocycles. The van der Waals surface area contributed by atoms with Crippen molar-refractivity contribution in [3.05, 3.63) is 0 Å². The lowest BCUT2D eigenvalue weighted by molar-refractivity contribution is -0.0407. The lowest BCUT2D eigenvalue weighted by Gasteiger charge is -2.28. The van der Waals surface area contributed by atoms with Gasteiger partial charge in [0.25, 0.3) is 0 Å². The van der Waals surface area contributed by atoms with E-state index in [1.807, 2.05) is 6.92 Å². The number of nitrogens with one attached hydrogen (secondary N) is 1. The molecular weight excluding hydrogens is 256 g/mol. The van der Waals surface area contributed by atoms with Crippen LogP contribution in [-0.2, 0) is 9.47 Å². The molecule has 2 rings (SSSR count). The third-order valence-electron chi connectivity index (χ3n) is 4.10. The average molecular weight is 286 g/mol. The molecule has 0 bridgehead atoms. The Balaban J connectivity index is 1.67. The fourth-order valence-electron chi connectivity index (χ4n) is 2.89. The molecule has 1 saturated carbocycles. The van der Waals surface area contributed by atoms with Crippen molar-refractivity contribution in [2.75, 3.05) is 40.0 Å². The molecule has 0 spiro atoms. The number of nitrogens with zero attached hydrogens (tertiary/aromatic N) is 1. The zero-order valence-electron chi connectivity index (χ0n) is 12.9. The molecule has 1 aliphatic heterocycles. The number of aliphatic hydroxyl groups excluding tert-OH is 1. The Labute approximate surface area is 122 Å². The maximum absolute atomic E-state index is 10.2. The summed E-state index contributed by atoms with van der Waals surface area (Å²) in [7, 11) is 1.67. The minimum Gasteiger partial charge on any atom is -0.389 e. The minimum absolute atomic E-state index is 0.0422. The van der Waals surface area contributed by atoms with E-state index in [9.17, 15) is 5.11 Å². The lowest BCUT2D eigenvalue weighted by Crippen LogP contribution is -2.43. The van der Waals surface area contributed by atoms with Crippen LogP contribution in [0.3, 0.4) is 0 Å². The van der Waals surface area contributed by atoms with Crippen molar-refractivity contribution in [1.82, 2.24) is 10.2 Å². The van der Waals surface area contributed by atoms with Crippen LogP contribution in [0.2, 0.25) is 0 Å². The van der Waals surface area contributed by atoms with Gasteiger partial charge in [-0.15, -0.1) is 0 Å². The Morgan fingerprint density at radius 1 is 1.30 bits per heavy atom. The van der Waals surface area contributed by atoms with Gasteiger partial charge in [-0.3, -0.25) is 4.90 Å². The number of hydrogen-bond acceptors (Lipinski definition) is 5. The normalized spacial score (nSPS) is 26.1. The van der Waals surface area contributed by atoms with Gasteiger partial charge in [-0.1, -0.05) is 0 Å². The van der Waals surface area contributed by atoms with Gasteiger partial charge in [0.05, 0.1) is 25.4 Å². The van der Waals surface area contributed by atoms with Crippen LogP contribution >= 0.6 is 0 Å². The van der Waals surface area contributed by atoms with Gasteiger partial charge in [-0.05, 0) is 39.2 Å². The van der Waals surface area contributed by atoms with E-state index in [0.29, 0.717) is 25.3 Å². The zero-order valence-corrected chi connectivity index (χ0v) is 12.9. The monoisotopic (exact) mass is 286 g/mol. The number of methoxy groups -OCH3 is 1. The first-order valence-corrected chi connectivity index (χ1v) is 7.95. The average Bonchev–Trinajstić information content (AvgIpc) is 3.15. The van der Waals surface area contributed by atoms with Gasteiger partial charge in [0.1, 0.15) is 0 Å². The summed E-state index contributed by atoms with van der Waals surface area (Å²) in [6.45, 7) is 5.87. The van der Waals surface area contributed by atoms with Crippen LogP contribution in [0, 0.1) is 0 Å². The maximum Gasteiger partial charge on any atom is 0.0900 e. The van der Waals surface area contributed by atoms with Crippen LogP contribution in [-0.4, -0.2) is 74.3 Å². The predicted molar refractivity (Wildman–Crippen MR) is 78.9 cm³/mol. The fourth-order valence-corrected chi connectivity index (χ4v) is 2.89. The third kappa shape index (κ3) is 5.66. The molecule has 2 fully saturated rings. The van der Waals surface area contributed by atoms with E-state index in [4.69, 9.17) is 9.47 Å². The molecule has 0 aromatic rings. The smallest absolute Gasteiger partial charge is 0.0900 e. The lowest BCUT2D eigenvalue weighted by atomic mass is 10.2. The molecule has 0 amide bonds. The van der Waals surface area contributed by atoms with Crippen molar-refractivity contribution in [3.63, 3.8) is 0 Å². The van der Waals surface area contributed by atoms with E-state index >= 15 is 0 Å². The summed E-state index contributed by atoms with van der Waals surface area (Å²) in [5, 5.41) is 13.7. The highest BCUT2D eigenvalue weighted by atomic mass is 16.5. The van der Waals surface area contributed by atoms with Gasteiger partial charge in [-0.25, -0.2) is 0 Å². The summed E-state index contributed by atoms with van der Waals surface area (Å²) in [6, 6.07) is 1.29. The molecule has 3 unspecified atom stereocenters. The van der Waals surface area contributed by atoms with Crippen molar-refractivity contribution in [3.8, 4) is 0 Å². The van der Waals surface area contributed by atoms with Crippen LogP contribution < -0.4 is 5.32 Å². The van der Waals surface area contributed by atoms with Crippen LogP contribution in [0.5, 0.6) is 0 Å². The minimum atomic E-state index is -0.406. The number of rotatable bonds is 10. The summed E-state index contributed by atoms with van der Waals surface area (Å²) in [4.78, 5) is 2.44. The van der Waals surface area contributed by atoms with E-state index in [1.165, 1.54) is 25.7 Å². The molecule has 20 heavy (non-hydrogen) atoms. The number of hydrogen-bond donors (Lipinski definition) is 2. The van der Waals surface area contributed by atoms with Crippen LogP contribution in [0.15, 0.2) is 0 Å². The Morgan fingerprint density at radius 3 is 2.70 bits per heavy atom. The highest BCUT2D eigenvalue weighted by molar-refractivity contribution is 4.89. The van der Waals surface area contributed by atoms with Crippen molar-refractivity contribution in [2.24, 2.45) is 0 Å². The van der Waals surface area contributed by atoms with E-state index in [2.05, 4.69) is 10.2 Å².